The molecule has 0 aliphatic carbocycles. The van der Waals surface area contributed by atoms with Crippen LogP contribution in [0.15, 0.2) is 47.5 Å². The largest absolute Gasteiger partial charge is 0.421 e. The third kappa shape index (κ3) is 10.0. The highest BCUT2D eigenvalue weighted by Gasteiger charge is 2.40. The standard InChI is InChI=1S/C39H45ClF5N9O6S/c1-38(58)10-2-11-52(23-38)34-28(39(43,44)45)21-46-36(49-34)47-30-6-4-26(20-27(30)33(41)42)61(59,60)53-17-15-50(16-18-53)22-24-7-12-51(13-8-24)35(56)25-3-5-29(40)31(19-25)54-14-9-32(55)48-37(54)57/h3-6,19-21,24,33,58H,2,7-18,22-23H2,1H3,(H,46,47,49)(H,48,55,57)/t38-/m0/s1. The lowest BCUT2D eigenvalue weighted by Crippen LogP contribution is -2.50. The minimum Gasteiger partial charge on any atom is -0.388 e. The molecule has 3 aromatic rings. The third-order valence-corrected chi connectivity index (χ3v) is 13.7. The first-order chi connectivity index (χ1) is 28.8. The van der Waals surface area contributed by atoms with Crippen LogP contribution in [0.5, 0.6) is 0 Å². The Kier molecular flexibility index (Phi) is 12.8. The van der Waals surface area contributed by atoms with Crippen molar-refractivity contribution < 1.29 is 49.9 Å². The predicted molar refractivity (Wildman–Crippen MR) is 215 cm³/mol. The zero-order chi connectivity index (χ0) is 43.9. The Labute approximate surface area is 353 Å². The van der Waals surface area contributed by atoms with Crippen LogP contribution in [0.25, 0.3) is 0 Å². The van der Waals surface area contributed by atoms with Gasteiger partial charge in [-0.3, -0.25) is 19.8 Å². The molecule has 5 heterocycles. The smallest absolute Gasteiger partial charge is 0.388 e. The van der Waals surface area contributed by atoms with Crippen LogP contribution in [-0.2, 0) is 21.0 Å². The summed E-state index contributed by atoms with van der Waals surface area (Å²) in [5.41, 5.74) is -2.72. The van der Waals surface area contributed by atoms with Gasteiger partial charge in [0.15, 0.2) is 0 Å². The van der Waals surface area contributed by atoms with Gasteiger partial charge in [-0.05, 0) is 74.9 Å². The number of benzene rings is 2. The first kappa shape index (κ1) is 44.4. The van der Waals surface area contributed by atoms with E-state index in [9.17, 15) is 49.9 Å². The van der Waals surface area contributed by atoms with Gasteiger partial charge in [0.2, 0.25) is 21.9 Å². The van der Waals surface area contributed by atoms with Gasteiger partial charge in [-0.2, -0.15) is 22.5 Å². The van der Waals surface area contributed by atoms with Crippen molar-refractivity contribution in [3.63, 3.8) is 0 Å². The molecule has 0 unspecified atom stereocenters. The molecule has 7 rings (SSSR count). The number of nitrogens with zero attached hydrogens (tertiary/aromatic N) is 7. The van der Waals surface area contributed by atoms with Gasteiger partial charge in [-0.1, -0.05) is 11.6 Å². The quantitative estimate of drug-likeness (QED) is 0.220. The SMILES string of the molecule is C[C@]1(O)CCCN(c2nc(Nc3ccc(S(=O)(=O)N4CCN(CC5CCN(C(=O)c6ccc(Cl)c(N7CCC(=O)NC7=O)c6)CC5)CC4)cc3C(F)F)ncc2C(F)(F)F)C1. The number of amides is 4. The Balaban J connectivity index is 0.946. The number of β-amino-alcohol motifs (C(OH)–C–C–N with tert-alkyl or cyclic N) is 1. The fourth-order valence-electron chi connectivity index (χ4n) is 8.21. The topological polar surface area (TPSA) is 172 Å². The minimum absolute atomic E-state index is 0.108. The van der Waals surface area contributed by atoms with Crippen LogP contribution in [0.4, 0.5) is 49.9 Å². The van der Waals surface area contributed by atoms with Gasteiger partial charge in [0.05, 0.1) is 21.2 Å². The number of rotatable bonds is 10. The highest BCUT2D eigenvalue weighted by atomic mass is 35.5. The van der Waals surface area contributed by atoms with Gasteiger partial charge in [0.25, 0.3) is 12.3 Å². The molecule has 0 saturated carbocycles. The predicted octanol–water partition coefficient (Wildman–Crippen LogP) is 5.49. The van der Waals surface area contributed by atoms with Crippen molar-refractivity contribution >= 4 is 62.6 Å². The number of carbonyl (C=O) groups excluding carboxylic acids is 3. The monoisotopic (exact) mass is 897 g/mol. The number of alkyl halides is 5. The van der Waals surface area contributed by atoms with Crippen LogP contribution in [0.1, 0.15) is 66.9 Å². The van der Waals surface area contributed by atoms with E-state index in [1.807, 2.05) is 0 Å². The zero-order valence-corrected chi connectivity index (χ0v) is 34.7. The molecule has 2 aromatic carbocycles. The van der Waals surface area contributed by atoms with E-state index < -0.39 is 57.2 Å². The molecule has 1 atom stereocenters. The van der Waals surface area contributed by atoms with Gasteiger partial charge in [-0.15, -0.1) is 0 Å². The first-order valence-corrected chi connectivity index (χ1v) is 21.6. The van der Waals surface area contributed by atoms with Gasteiger partial charge >= 0.3 is 12.2 Å². The summed E-state index contributed by atoms with van der Waals surface area (Å²) in [6, 6.07) is 7.18. The highest BCUT2D eigenvalue weighted by Crippen LogP contribution is 2.39. The van der Waals surface area contributed by atoms with Crippen LogP contribution in [0.2, 0.25) is 5.02 Å². The number of piperidine rings is 2. The number of aliphatic hydroxyl groups is 1. The first-order valence-electron chi connectivity index (χ1n) is 19.8. The molecule has 4 aliphatic rings. The number of sulfonamides is 1. The summed E-state index contributed by atoms with van der Waals surface area (Å²) in [6.07, 6.45) is -5.17. The van der Waals surface area contributed by atoms with E-state index in [0.717, 1.165) is 18.2 Å². The van der Waals surface area contributed by atoms with Crippen LogP contribution < -0.4 is 20.4 Å². The number of carbonyl (C=O) groups is 3. The average Bonchev–Trinajstić information content (AvgIpc) is 3.21. The van der Waals surface area contributed by atoms with Crippen molar-refractivity contribution in [2.45, 2.75) is 62.1 Å². The number of anilines is 4. The summed E-state index contributed by atoms with van der Waals surface area (Å²) in [6.45, 7) is 4.32. The van der Waals surface area contributed by atoms with Crippen molar-refractivity contribution in [2.75, 3.05) is 80.6 Å². The molecule has 0 spiro atoms. The summed E-state index contributed by atoms with van der Waals surface area (Å²) in [4.78, 5) is 51.3. The summed E-state index contributed by atoms with van der Waals surface area (Å²) in [7, 11) is -4.21. The van der Waals surface area contributed by atoms with Gasteiger partial charge < -0.3 is 25.1 Å². The molecule has 1 aromatic heterocycles. The van der Waals surface area contributed by atoms with E-state index in [1.165, 1.54) is 21.0 Å². The lowest BCUT2D eigenvalue weighted by Gasteiger charge is -2.38. The average molecular weight is 898 g/mol. The van der Waals surface area contributed by atoms with Crippen molar-refractivity contribution in [3.05, 3.63) is 64.3 Å². The number of piperazine rings is 1. The van der Waals surface area contributed by atoms with Crippen LogP contribution in [0, 0.1) is 5.92 Å². The number of urea groups is 1. The number of imide groups is 1. The van der Waals surface area contributed by atoms with Gasteiger partial charge in [0, 0.05) is 94.9 Å². The van der Waals surface area contributed by atoms with E-state index in [2.05, 4.69) is 25.5 Å². The van der Waals surface area contributed by atoms with Crippen molar-refractivity contribution in [1.29, 1.82) is 0 Å². The van der Waals surface area contributed by atoms with E-state index in [4.69, 9.17) is 11.6 Å². The molecule has 4 fully saturated rings. The maximum absolute atomic E-state index is 14.4. The summed E-state index contributed by atoms with van der Waals surface area (Å²) in [5.74, 6) is -1.30. The van der Waals surface area contributed by atoms with Gasteiger partial charge in [-0.25, -0.2) is 27.0 Å². The molecule has 4 saturated heterocycles. The normalized spacial score (nSPS) is 21.6. The molecule has 4 amide bonds. The maximum atomic E-state index is 14.4. The molecule has 0 radical (unpaired) electrons. The number of aromatic nitrogens is 2. The minimum atomic E-state index is -4.83. The Morgan fingerprint density at radius 2 is 1.75 bits per heavy atom. The summed E-state index contributed by atoms with van der Waals surface area (Å²) < 4.78 is 99.4. The number of nitrogens with one attached hydrogen (secondary N) is 2. The zero-order valence-electron chi connectivity index (χ0n) is 33.1. The van der Waals surface area contributed by atoms with Crippen molar-refractivity contribution in [1.82, 2.24) is 29.4 Å². The van der Waals surface area contributed by atoms with E-state index in [0.29, 0.717) is 75.9 Å². The van der Waals surface area contributed by atoms with Crippen LogP contribution in [-0.4, -0.2) is 126 Å². The van der Waals surface area contributed by atoms with Crippen LogP contribution >= 0.6 is 11.6 Å². The highest BCUT2D eigenvalue weighted by molar-refractivity contribution is 7.89. The Morgan fingerprint density at radius 3 is 2.41 bits per heavy atom. The Hall–Kier alpha value is -4.70. The van der Waals surface area contributed by atoms with Gasteiger partial charge in [0.1, 0.15) is 11.4 Å². The fraction of sp³-hybridized carbons (Fsp3) is 0.513. The molecule has 4 aliphatic heterocycles. The van der Waals surface area contributed by atoms with E-state index >= 15 is 0 Å². The van der Waals surface area contributed by atoms with E-state index in [1.54, 1.807) is 23.1 Å². The number of hydrogen-bond donors (Lipinski definition) is 3. The molecular weight excluding hydrogens is 853 g/mol. The number of halogens is 6. The van der Waals surface area contributed by atoms with Crippen molar-refractivity contribution in [2.24, 2.45) is 5.92 Å². The number of hydrogen-bond acceptors (Lipinski definition) is 11. The summed E-state index contributed by atoms with van der Waals surface area (Å²) >= 11 is 6.35. The second-order valence-electron chi connectivity index (χ2n) is 16.0. The number of likely N-dealkylation sites (tertiary alicyclic amines) is 1. The molecule has 15 nitrogen and oxygen atoms in total. The molecule has 61 heavy (non-hydrogen) atoms. The molecule has 3 N–H and O–H groups in total. The molecule has 330 valence electrons. The molecule has 22 heteroatoms. The third-order valence-electron chi connectivity index (χ3n) is 11.5. The second kappa shape index (κ2) is 17.6. The Morgan fingerprint density at radius 1 is 1.03 bits per heavy atom. The second-order valence-corrected chi connectivity index (χ2v) is 18.3. The maximum Gasteiger partial charge on any atom is 0.421 e. The lowest BCUT2D eigenvalue weighted by molar-refractivity contribution is -0.137. The lowest BCUT2D eigenvalue weighted by atomic mass is 9.95. The molecule has 0 bridgehead atoms. The van der Waals surface area contributed by atoms with E-state index in [-0.39, 0.29) is 72.5 Å². The van der Waals surface area contributed by atoms with Crippen LogP contribution in [0.3, 0.4) is 0 Å². The fourth-order valence-corrected chi connectivity index (χ4v) is 9.88. The Bertz CT molecular complexity index is 2270. The summed E-state index contributed by atoms with van der Waals surface area (Å²) in [5, 5.41) is 15.6. The molecular formula is C39H45ClF5N9O6S. The van der Waals surface area contributed by atoms with Crippen molar-refractivity contribution in [3.8, 4) is 0 Å².